The maximum atomic E-state index is 6.15. The molecule has 0 aliphatic carbocycles. The van der Waals surface area contributed by atoms with Crippen molar-refractivity contribution >= 4 is 28.2 Å². The molecule has 3 aromatic carbocycles. The highest BCUT2D eigenvalue weighted by atomic mass is 32.2. The molecule has 130 valence electrons. The Morgan fingerprint density at radius 3 is 2.70 bits per heavy atom. The lowest BCUT2D eigenvalue weighted by Gasteiger charge is -2.29. The van der Waals surface area contributed by atoms with Crippen LogP contribution in [0.15, 0.2) is 77.0 Å². The van der Waals surface area contributed by atoms with Gasteiger partial charge in [0.25, 0.3) is 0 Å². The van der Waals surface area contributed by atoms with Crippen LogP contribution in [0.3, 0.4) is 0 Å². The van der Waals surface area contributed by atoms with Crippen LogP contribution in [0.5, 0.6) is 5.75 Å². The first kappa shape index (κ1) is 15.0. The highest BCUT2D eigenvalue weighted by Gasteiger charge is 2.34. The van der Waals surface area contributed by atoms with Crippen LogP contribution in [0.4, 0.5) is 0 Å². The summed E-state index contributed by atoms with van der Waals surface area (Å²) in [5.41, 5.74) is 3.08. The number of nitrogens with zero attached hydrogens (tertiary/aromatic N) is 4. The minimum absolute atomic E-state index is 0.124. The van der Waals surface area contributed by atoms with E-state index in [1.807, 2.05) is 47.1 Å². The average molecular weight is 370 g/mol. The van der Waals surface area contributed by atoms with Crippen molar-refractivity contribution in [3.63, 3.8) is 0 Å². The lowest BCUT2D eigenvalue weighted by Crippen LogP contribution is -2.34. The minimum Gasteiger partial charge on any atom is -0.491 e. The fourth-order valence-corrected chi connectivity index (χ4v) is 4.64. The van der Waals surface area contributed by atoms with Crippen molar-refractivity contribution in [2.24, 2.45) is 5.10 Å². The first-order chi connectivity index (χ1) is 13.4. The number of hydrogen-bond acceptors (Lipinski definition) is 5. The third-order valence-electron chi connectivity index (χ3n) is 4.94. The van der Waals surface area contributed by atoms with Gasteiger partial charge in [-0.25, -0.2) is 0 Å². The van der Waals surface area contributed by atoms with E-state index in [0.29, 0.717) is 6.61 Å². The molecule has 0 amide bonds. The first-order valence-electron chi connectivity index (χ1n) is 8.80. The normalized spacial score (nSPS) is 17.5. The van der Waals surface area contributed by atoms with Crippen molar-refractivity contribution in [2.45, 2.75) is 10.4 Å². The molecule has 0 bridgehead atoms. The van der Waals surface area contributed by atoms with Gasteiger partial charge in [-0.1, -0.05) is 72.4 Å². The zero-order valence-electron chi connectivity index (χ0n) is 14.2. The van der Waals surface area contributed by atoms with Crippen LogP contribution >= 0.6 is 11.8 Å². The van der Waals surface area contributed by atoms with E-state index in [2.05, 4.69) is 34.5 Å². The molecule has 5 nitrogen and oxygen atoms in total. The Bertz CT molecular complexity index is 1220. The maximum Gasteiger partial charge on any atom is 0.213 e. The largest absolute Gasteiger partial charge is 0.491 e. The molecular weight excluding hydrogens is 356 g/mol. The van der Waals surface area contributed by atoms with Crippen LogP contribution in [0, 0.1) is 0 Å². The summed E-state index contributed by atoms with van der Waals surface area (Å²) in [5, 5.41) is 16.9. The number of rotatable bonds is 1. The fraction of sp³-hybridized carbons (Fsp3) is 0.0952. The van der Waals surface area contributed by atoms with Gasteiger partial charge in [-0.05, 0) is 11.5 Å². The molecule has 2 aliphatic heterocycles. The molecule has 1 aromatic heterocycles. The van der Waals surface area contributed by atoms with E-state index in [0.717, 1.165) is 39.0 Å². The van der Waals surface area contributed by atoms with Crippen LogP contribution in [-0.2, 0) is 0 Å². The standard InChI is InChI=1S/C21H14N4OS/c1-2-7-14(8-3-1)20-22-23-21-25(20)24-18-16-11-10-13-6-4-5-9-15(13)19(16)26-12-17(18)27-21/h1-11,17H,12H2. The quantitative estimate of drug-likeness (QED) is 0.503. The molecule has 0 N–H and O–H groups in total. The van der Waals surface area contributed by atoms with Crippen molar-refractivity contribution < 1.29 is 4.74 Å². The summed E-state index contributed by atoms with van der Waals surface area (Å²) in [6.07, 6.45) is 0. The molecule has 0 fully saturated rings. The lowest BCUT2D eigenvalue weighted by atomic mass is 9.98. The zero-order valence-corrected chi connectivity index (χ0v) is 15.1. The zero-order chi connectivity index (χ0) is 17.8. The second-order valence-corrected chi connectivity index (χ2v) is 7.72. The molecule has 3 heterocycles. The van der Waals surface area contributed by atoms with E-state index in [1.165, 1.54) is 5.39 Å². The Labute approximate surface area is 159 Å². The van der Waals surface area contributed by atoms with Crippen LogP contribution in [-0.4, -0.2) is 32.4 Å². The van der Waals surface area contributed by atoms with Gasteiger partial charge in [0, 0.05) is 16.5 Å². The smallest absolute Gasteiger partial charge is 0.213 e. The summed E-state index contributed by atoms with van der Waals surface area (Å²) in [6.45, 7) is 0.581. The number of hydrogen-bond donors (Lipinski definition) is 0. The monoisotopic (exact) mass is 370 g/mol. The number of ether oxygens (including phenoxy) is 1. The van der Waals surface area contributed by atoms with Crippen LogP contribution in [0.25, 0.3) is 22.2 Å². The summed E-state index contributed by atoms with van der Waals surface area (Å²) in [5.74, 6) is 1.68. The molecule has 0 spiro atoms. The minimum atomic E-state index is 0.124. The molecule has 2 aliphatic rings. The van der Waals surface area contributed by atoms with E-state index in [1.54, 1.807) is 11.8 Å². The molecule has 1 unspecified atom stereocenters. The number of aromatic nitrogens is 3. The Kier molecular flexibility index (Phi) is 3.16. The Morgan fingerprint density at radius 2 is 1.78 bits per heavy atom. The van der Waals surface area contributed by atoms with E-state index < -0.39 is 0 Å². The summed E-state index contributed by atoms with van der Waals surface area (Å²) >= 11 is 1.66. The van der Waals surface area contributed by atoms with Crippen molar-refractivity contribution in [3.8, 4) is 17.1 Å². The van der Waals surface area contributed by atoms with Crippen molar-refractivity contribution in [1.29, 1.82) is 0 Å². The molecule has 0 radical (unpaired) electrons. The fourth-order valence-electron chi connectivity index (χ4n) is 3.65. The van der Waals surface area contributed by atoms with Gasteiger partial charge in [0.2, 0.25) is 5.16 Å². The van der Waals surface area contributed by atoms with E-state index in [4.69, 9.17) is 9.84 Å². The molecule has 6 rings (SSSR count). The highest BCUT2D eigenvalue weighted by Crippen LogP contribution is 2.40. The van der Waals surface area contributed by atoms with Crippen LogP contribution < -0.4 is 4.74 Å². The van der Waals surface area contributed by atoms with Gasteiger partial charge < -0.3 is 4.74 Å². The van der Waals surface area contributed by atoms with E-state index in [-0.39, 0.29) is 5.25 Å². The van der Waals surface area contributed by atoms with E-state index in [9.17, 15) is 0 Å². The predicted molar refractivity (Wildman–Crippen MR) is 106 cm³/mol. The lowest BCUT2D eigenvalue weighted by molar-refractivity contribution is 0.327. The highest BCUT2D eigenvalue weighted by molar-refractivity contribution is 8.00. The number of benzene rings is 3. The summed E-state index contributed by atoms with van der Waals surface area (Å²) in [4.78, 5) is 0. The van der Waals surface area contributed by atoms with Crippen molar-refractivity contribution in [1.82, 2.24) is 14.9 Å². The summed E-state index contributed by atoms with van der Waals surface area (Å²) < 4.78 is 8.01. The van der Waals surface area contributed by atoms with Gasteiger partial charge in [0.15, 0.2) is 5.82 Å². The van der Waals surface area contributed by atoms with Crippen LogP contribution in [0.2, 0.25) is 0 Å². The van der Waals surface area contributed by atoms with Gasteiger partial charge in [-0.3, -0.25) is 0 Å². The first-order valence-corrected chi connectivity index (χ1v) is 9.68. The van der Waals surface area contributed by atoms with Gasteiger partial charge in [-0.2, -0.15) is 9.78 Å². The number of thioether (sulfide) groups is 1. The van der Waals surface area contributed by atoms with Crippen LogP contribution in [0.1, 0.15) is 5.56 Å². The molecule has 1 atom stereocenters. The Morgan fingerprint density at radius 1 is 0.926 bits per heavy atom. The average Bonchev–Trinajstić information content (AvgIpc) is 3.15. The third kappa shape index (κ3) is 2.23. The van der Waals surface area contributed by atoms with Gasteiger partial charge in [0.1, 0.15) is 12.4 Å². The molecule has 6 heteroatoms. The van der Waals surface area contributed by atoms with Gasteiger partial charge in [-0.15, -0.1) is 10.2 Å². The van der Waals surface area contributed by atoms with Gasteiger partial charge in [0.05, 0.1) is 11.0 Å². The maximum absolute atomic E-state index is 6.15. The van der Waals surface area contributed by atoms with Crippen molar-refractivity contribution in [2.75, 3.05) is 6.61 Å². The van der Waals surface area contributed by atoms with Gasteiger partial charge >= 0.3 is 0 Å². The predicted octanol–water partition coefficient (Wildman–Crippen LogP) is 4.22. The topological polar surface area (TPSA) is 52.3 Å². The van der Waals surface area contributed by atoms with Crippen molar-refractivity contribution in [3.05, 3.63) is 72.3 Å². The van der Waals surface area contributed by atoms with E-state index >= 15 is 0 Å². The molecule has 4 aromatic rings. The summed E-state index contributed by atoms with van der Waals surface area (Å²) in [7, 11) is 0. The second-order valence-electron chi connectivity index (χ2n) is 6.55. The molecule has 0 saturated heterocycles. The second kappa shape index (κ2) is 5.69. The molecular formula is C21H14N4OS. The molecule has 27 heavy (non-hydrogen) atoms. The summed E-state index contributed by atoms with van der Waals surface area (Å²) in [6, 6.07) is 22.6. The number of fused-ring (bicyclic) bond motifs is 6. The Hall–Kier alpha value is -3.12. The third-order valence-corrected chi connectivity index (χ3v) is 6.05. The Balaban J connectivity index is 1.56. The SMILES string of the molecule is c1ccc(-c2nnc3n2N=C2c4ccc5ccccc5c4OCC2S3)cc1. The molecule has 0 saturated carbocycles.